The number of nitrogens with one attached hydrogen (secondary N) is 1. The third kappa shape index (κ3) is 2.69. The average molecular weight is 270 g/mol. The molecule has 4 nitrogen and oxygen atoms in total. The van der Waals surface area contributed by atoms with Crippen LogP contribution < -0.4 is 5.32 Å². The molecule has 3 rings (SSSR count). The Morgan fingerprint density at radius 2 is 2.15 bits per heavy atom. The standard InChI is InChI=1S/C16H22N4/c1-2-9-17-16-13(6-5-10-18-16)11-20-12-19-14-7-3-4-8-15(14)20/h5-6,10,12H,2-4,7-9,11H2,1H3,(H,17,18). The van der Waals surface area contributed by atoms with Crippen molar-refractivity contribution in [2.45, 2.75) is 45.6 Å². The summed E-state index contributed by atoms with van der Waals surface area (Å²) >= 11 is 0. The van der Waals surface area contributed by atoms with E-state index in [9.17, 15) is 0 Å². The zero-order chi connectivity index (χ0) is 13.8. The van der Waals surface area contributed by atoms with E-state index in [1.807, 2.05) is 18.6 Å². The van der Waals surface area contributed by atoms with Crippen LogP contribution in [0.3, 0.4) is 0 Å². The highest BCUT2D eigenvalue weighted by Crippen LogP contribution is 2.22. The molecule has 1 aliphatic rings. The van der Waals surface area contributed by atoms with Crippen LogP contribution in [-0.4, -0.2) is 21.1 Å². The zero-order valence-electron chi connectivity index (χ0n) is 12.1. The van der Waals surface area contributed by atoms with Crippen molar-refractivity contribution in [3.63, 3.8) is 0 Å². The maximum Gasteiger partial charge on any atom is 0.130 e. The summed E-state index contributed by atoms with van der Waals surface area (Å²) in [6.07, 6.45) is 9.81. The van der Waals surface area contributed by atoms with E-state index in [2.05, 4.69) is 32.8 Å². The van der Waals surface area contributed by atoms with Crippen molar-refractivity contribution < 1.29 is 0 Å². The number of hydrogen-bond donors (Lipinski definition) is 1. The summed E-state index contributed by atoms with van der Waals surface area (Å²) in [7, 11) is 0. The van der Waals surface area contributed by atoms with Crippen molar-refractivity contribution >= 4 is 5.82 Å². The number of anilines is 1. The van der Waals surface area contributed by atoms with Crippen molar-refractivity contribution in [3.05, 3.63) is 41.6 Å². The smallest absolute Gasteiger partial charge is 0.130 e. The minimum atomic E-state index is 0.863. The van der Waals surface area contributed by atoms with Crippen LogP contribution in [0.1, 0.15) is 43.1 Å². The molecule has 106 valence electrons. The first kappa shape index (κ1) is 13.2. The summed E-state index contributed by atoms with van der Waals surface area (Å²) in [6.45, 7) is 4.00. The fourth-order valence-corrected chi connectivity index (χ4v) is 2.82. The molecule has 0 spiro atoms. The largest absolute Gasteiger partial charge is 0.370 e. The van der Waals surface area contributed by atoms with Gasteiger partial charge in [-0.3, -0.25) is 0 Å². The molecular formula is C16H22N4. The number of pyridine rings is 1. The lowest BCUT2D eigenvalue weighted by Crippen LogP contribution is -2.11. The number of fused-ring (bicyclic) bond motifs is 1. The number of aromatic nitrogens is 3. The van der Waals surface area contributed by atoms with Gasteiger partial charge in [-0.25, -0.2) is 9.97 Å². The van der Waals surface area contributed by atoms with Crippen LogP contribution in [0.5, 0.6) is 0 Å². The number of hydrogen-bond acceptors (Lipinski definition) is 3. The first-order chi connectivity index (χ1) is 9.88. The predicted molar refractivity (Wildman–Crippen MR) is 81.0 cm³/mol. The van der Waals surface area contributed by atoms with Crippen LogP contribution >= 0.6 is 0 Å². The third-order valence-corrected chi connectivity index (χ3v) is 3.88. The van der Waals surface area contributed by atoms with Crippen LogP contribution in [0.25, 0.3) is 0 Å². The van der Waals surface area contributed by atoms with Gasteiger partial charge in [-0.15, -0.1) is 0 Å². The molecule has 0 saturated heterocycles. The first-order valence-corrected chi connectivity index (χ1v) is 7.59. The monoisotopic (exact) mass is 270 g/mol. The van der Waals surface area contributed by atoms with E-state index in [-0.39, 0.29) is 0 Å². The Bertz CT molecular complexity index is 574. The molecular weight excluding hydrogens is 248 g/mol. The molecule has 0 saturated carbocycles. The summed E-state index contributed by atoms with van der Waals surface area (Å²) < 4.78 is 2.29. The second-order valence-corrected chi connectivity index (χ2v) is 5.41. The topological polar surface area (TPSA) is 42.7 Å². The van der Waals surface area contributed by atoms with Crippen LogP contribution in [0.4, 0.5) is 5.82 Å². The molecule has 0 amide bonds. The van der Waals surface area contributed by atoms with E-state index in [4.69, 9.17) is 0 Å². The zero-order valence-corrected chi connectivity index (χ0v) is 12.1. The molecule has 0 bridgehead atoms. The molecule has 1 N–H and O–H groups in total. The van der Waals surface area contributed by atoms with Gasteiger partial charge in [0.2, 0.25) is 0 Å². The van der Waals surface area contributed by atoms with E-state index < -0.39 is 0 Å². The Hall–Kier alpha value is -1.84. The number of imidazole rings is 1. The van der Waals surface area contributed by atoms with Gasteiger partial charge in [-0.2, -0.15) is 0 Å². The number of aryl methyl sites for hydroxylation is 1. The summed E-state index contributed by atoms with van der Waals surface area (Å²) in [6, 6.07) is 4.16. The van der Waals surface area contributed by atoms with E-state index in [1.165, 1.54) is 29.8 Å². The maximum absolute atomic E-state index is 4.57. The molecule has 0 atom stereocenters. The highest BCUT2D eigenvalue weighted by molar-refractivity contribution is 5.44. The maximum atomic E-state index is 4.57. The Labute approximate surface area is 120 Å². The van der Waals surface area contributed by atoms with Crippen LogP contribution in [-0.2, 0) is 19.4 Å². The predicted octanol–water partition coefficient (Wildman–Crippen LogP) is 3.03. The molecule has 2 aromatic rings. The quantitative estimate of drug-likeness (QED) is 0.908. The van der Waals surface area contributed by atoms with Crippen LogP contribution in [0, 0.1) is 0 Å². The SMILES string of the molecule is CCCNc1ncccc1Cn1cnc2c1CCCC2. The third-order valence-electron chi connectivity index (χ3n) is 3.88. The van der Waals surface area contributed by atoms with Crippen molar-refractivity contribution in [3.8, 4) is 0 Å². The fraction of sp³-hybridized carbons (Fsp3) is 0.500. The molecule has 2 aromatic heterocycles. The Kier molecular flexibility index (Phi) is 4.00. The molecule has 0 aliphatic heterocycles. The van der Waals surface area contributed by atoms with Crippen molar-refractivity contribution in [2.75, 3.05) is 11.9 Å². The van der Waals surface area contributed by atoms with E-state index in [1.54, 1.807) is 0 Å². The van der Waals surface area contributed by atoms with Gasteiger partial charge in [-0.1, -0.05) is 13.0 Å². The minimum Gasteiger partial charge on any atom is -0.370 e. The Morgan fingerprint density at radius 1 is 1.25 bits per heavy atom. The number of rotatable bonds is 5. The van der Waals surface area contributed by atoms with E-state index in [0.29, 0.717) is 0 Å². The van der Waals surface area contributed by atoms with Gasteiger partial charge in [0, 0.05) is 24.0 Å². The normalized spacial score (nSPS) is 14.1. The first-order valence-electron chi connectivity index (χ1n) is 7.59. The summed E-state index contributed by atoms with van der Waals surface area (Å²) in [5.74, 6) is 1.01. The second-order valence-electron chi connectivity index (χ2n) is 5.41. The Balaban J connectivity index is 1.82. The summed E-state index contributed by atoms with van der Waals surface area (Å²) in [4.78, 5) is 9.03. The highest BCUT2D eigenvalue weighted by atomic mass is 15.1. The van der Waals surface area contributed by atoms with E-state index in [0.717, 1.165) is 38.2 Å². The van der Waals surface area contributed by atoms with Gasteiger partial charge in [0.1, 0.15) is 5.82 Å². The molecule has 1 aliphatic carbocycles. The highest BCUT2D eigenvalue weighted by Gasteiger charge is 2.15. The van der Waals surface area contributed by atoms with Crippen molar-refractivity contribution in [1.82, 2.24) is 14.5 Å². The second kappa shape index (κ2) is 6.07. The van der Waals surface area contributed by atoms with Gasteiger partial charge < -0.3 is 9.88 Å². The molecule has 2 heterocycles. The fourth-order valence-electron chi connectivity index (χ4n) is 2.82. The lowest BCUT2D eigenvalue weighted by Gasteiger charge is -2.15. The van der Waals surface area contributed by atoms with Crippen LogP contribution in [0.15, 0.2) is 24.7 Å². The van der Waals surface area contributed by atoms with Crippen molar-refractivity contribution in [1.29, 1.82) is 0 Å². The summed E-state index contributed by atoms with van der Waals surface area (Å²) in [5.41, 5.74) is 3.96. The lowest BCUT2D eigenvalue weighted by atomic mass is 10.0. The van der Waals surface area contributed by atoms with Gasteiger partial charge >= 0.3 is 0 Å². The molecule has 0 fully saturated rings. The van der Waals surface area contributed by atoms with Gasteiger partial charge in [0.05, 0.1) is 18.6 Å². The summed E-state index contributed by atoms with van der Waals surface area (Å²) in [5, 5.41) is 3.41. The molecule has 0 radical (unpaired) electrons. The van der Waals surface area contributed by atoms with Gasteiger partial charge in [0.15, 0.2) is 0 Å². The Morgan fingerprint density at radius 3 is 3.05 bits per heavy atom. The minimum absolute atomic E-state index is 0.863. The molecule has 20 heavy (non-hydrogen) atoms. The van der Waals surface area contributed by atoms with E-state index >= 15 is 0 Å². The molecule has 4 heteroatoms. The van der Waals surface area contributed by atoms with Crippen molar-refractivity contribution in [2.24, 2.45) is 0 Å². The van der Waals surface area contributed by atoms with Crippen LogP contribution in [0.2, 0.25) is 0 Å². The van der Waals surface area contributed by atoms with Gasteiger partial charge in [-0.05, 0) is 38.2 Å². The lowest BCUT2D eigenvalue weighted by molar-refractivity contribution is 0.628. The number of nitrogens with zero attached hydrogens (tertiary/aromatic N) is 3. The average Bonchev–Trinajstić information content (AvgIpc) is 2.90. The molecule has 0 unspecified atom stereocenters. The van der Waals surface area contributed by atoms with Gasteiger partial charge in [0.25, 0.3) is 0 Å². The molecule has 0 aromatic carbocycles.